The molecule has 0 bridgehead atoms. The maximum atomic E-state index is 13.0. The number of aromatic nitrogens is 2. The lowest BCUT2D eigenvalue weighted by molar-refractivity contribution is 0.0303. The molecule has 1 N–H and O–H groups in total. The Balaban J connectivity index is 0.00000240. The number of hydrogen-bond acceptors (Lipinski definition) is 5. The molecule has 29 heavy (non-hydrogen) atoms. The van der Waals surface area contributed by atoms with Gasteiger partial charge in [0.05, 0.1) is 36.4 Å². The van der Waals surface area contributed by atoms with Crippen molar-refractivity contribution in [3.8, 4) is 5.75 Å². The molecule has 3 aromatic rings. The number of rotatable bonds is 4. The molecule has 1 saturated heterocycles. The quantitative estimate of drug-likeness (QED) is 0.671. The minimum Gasteiger partial charge on any atom is -0.495 e. The molecule has 1 aromatic carbocycles. The number of fused-ring (bicyclic) bond motifs is 1. The van der Waals surface area contributed by atoms with Gasteiger partial charge >= 0.3 is 0 Å². The first-order chi connectivity index (χ1) is 13.6. The highest BCUT2D eigenvalue weighted by Gasteiger charge is 2.23. The lowest BCUT2D eigenvalue weighted by Crippen LogP contribution is -2.40. The zero-order chi connectivity index (χ0) is 19.7. The van der Waals surface area contributed by atoms with Gasteiger partial charge in [0.2, 0.25) is 0 Å². The molecule has 9 heteroatoms. The Morgan fingerprint density at radius 1 is 1.28 bits per heavy atom. The summed E-state index contributed by atoms with van der Waals surface area (Å²) in [7, 11) is 3.50. The van der Waals surface area contributed by atoms with Crippen LogP contribution in [0.15, 0.2) is 36.7 Å². The summed E-state index contributed by atoms with van der Waals surface area (Å²) in [6.07, 6.45) is 3.56. The summed E-state index contributed by atoms with van der Waals surface area (Å²) in [5.41, 5.74) is 2.21. The Morgan fingerprint density at radius 3 is 2.72 bits per heavy atom. The van der Waals surface area contributed by atoms with E-state index in [9.17, 15) is 4.79 Å². The molecule has 1 amide bonds. The highest BCUT2D eigenvalue weighted by atomic mass is 35.5. The molecule has 1 aliphatic rings. The van der Waals surface area contributed by atoms with Gasteiger partial charge < -0.3 is 24.3 Å². The summed E-state index contributed by atoms with van der Waals surface area (Å²) in [5, 5.41) is 4.67. The summed E-state index contributed by atoms with van der Waals surface area (Å²) >= 11 is 6.22. The molecule has 1 aliphatic heterocycles. The standard InChI is InChI=1S/C20H21ClN4O3.ClH/c1-24-6-5-14-18(24)15(20(26)25-7-9-28-10-8-25)12-22-19(14)23-13-3-4-17(27-2)16(21)11-13;/h3-6,11-12H,7-10H2,1-2H3,(H,22,23);1H. The number of methoxy groups -OCH3 is 1. The van der Waals surface area contributed by atoms with E-state index in [2.05, 4.69) is 10.3 Å². The number of ether oxygens (including phenoxy) is 2. The smallest absolute Gasteiger partial charge is 0.257 e. The van der Waals surface area contributed by atoms with Gasteiger partial charge in [0.1, 0.15) is 11.6 Å². The zero-order valence-electron chi connectivity index (χ0n) is 16.1. The Morgan fingerprint density at radius 2 is 2.03 bits per heavy atom. The van der Waals surface area contributed by atoms with Crippen LogP contribution >= 0.6 is 24.0 Å². The van der Waals surface area contributed by atoms with E-state index in [-0.39, 0.29) is 18.3 Å². The SMILES string of the molecule is COc1ccc(Nc2ncc(C(=O)N3CCOCC3)c3c2ccn3C)cc1Cl.Cl. The number of pyridine rings is 1. The third kappa shape index (κ3) is 4.12. The van der Waals surface area contributed by atoms with E-state index in [1.807, 2.05) is 34.8 Å². The molecular weight excluding hydrogens is 415 g/mol. The third-order valence-corrected chi connectivity index (χ3v) is 5.14. The molecule has 4 rings (SSSR count). The van der Waals surface area contributed by atoms with Gasteiger partial charge in [0.15, 0.2) is 0 Å². The predicted octanol–water partition coefficient (Wildman–Crippen LogP) is 3.87. The first kappa shape index (κ1) is 21.2. The van der Waals surface area contributed by atoms with Crippen LogP contribution in [-0.2, 0) is 11.8 Å². The molecule has 0 atom stereocenters. The van der Waals surface area contributed by atoms with Crippen molar-refractivity contribution < 1.29 is 14.3 Å². The van der Waals surface area contributed by atoms with Crippen LogP contribution in [0.1, 0.15) is 10.4 Å². The van der Waals surface area contributed by atoms with Crippen LogP contribution in [0.3, 0.4) is 0 Å². The van der Waals surface area contributed by atoms with Crippen molar-refractivity contribution in [3.05, 3.63) is 47.2 Å². The van der Waals surface area contributed by atoms with Gasteiger partial charge in [0, 0.05) is 43.6 Å². The van der Waals surface area contributed by atoms with Crippen LogP contribution in [0.4, 0.5) is 11.5 Å². The second kappa shape index (κ2) is 8.90. The minimum absolute atomic E-state index is 0. The van der Waals surface area contributed by atoms with Gasteiger partial charge in [0.25, 0.3) is 5.91 Å². The number of aryl methyl sites for hydroxylation is 1. The maximum Gasteiger partial charge on any atom is 0.257 e. The lowest BCUT2D eigenvalue weighted by Gasteiger charge is -2.27. The third-order valence-electron chi connectivity index (χ3n) is 4.85. The molecule has 0 saturated carbocycles. The fourth-order valence-electron chi connectivity index (χ4n) is 3.39. The topological polar surface area (TPSA) is 68.6 Å². The summed E-state index contributed by atoms with van der Waals surface area (Å²) in [4.78, 5) is 19.3. The van der Waals surface area contributed by atoms with Gasteiger partial charge in [-0.05, 0) is 24.3 Å². The van der Waals surface area contributed by atoms with Crippen LogP contribution in [-0.4, -0.2) is 53.8 Å². The highest BCUT2D eigenvalue weighted by Crippen LogP contribution is 2.32. The van der Waals surface area contributed by atoms with E-state index in [1.54, 1.807) is 25.4 Å². The van der Waals surface area contributed by atoms with E-state index in [0.29, 0.717) is 48.5 Å². The summed E-state index contributed by atoms with van der Waals surface area (Å²) in [5.74, 6) is 1.24. The summed E-state index contributed by atoms with van der Waals surface area (Å²) < 4.78 is 12.5. The van der Waals surface area contributed by atoms with Crippen LogP contribution in [0.5, 0.6) is 5.75 Å². The fraction of sp³-hybridized carbons (Fsp3) is 0.300. The molecule has 7 nitrogen and oxygen atoms in total. The Bertz CT molecular complexity index is 1030. The number of benzene rings is 1. The van der Waals surface area contributed by atoms with E-state index >= 15 is 0 Å². The normalized spacial score (nSPS) is 13.8. The largest absolute Gasteiger partial charge is 0.495 e. The summed E-state index contributed by atoms with van der Waals surface area (Å²) in [6, 6.07) is 7.40. The average Bonchev–Trinajstić information content (AvgIpc) is 3.11. The average molecular weight is 437 g/mol. The second-order valence-corrected chi connectivity index (χ2v) is 7.00. The second-order valence-electron chi connectivity index (χ2n) is 6.59. The molecule has 0 spiro atoms. The number of amides is 1. The number of carbonyl (C=O) groups excluding carboxylic acids is 1. The number of halogens is 2. The van der Waals surface area contributed by atoms with E-state index in [4.69, 9.17) is 21.1 Å². The lowest BCUT2D eigenvalue weighted by atomic mass is 10.1. The number of anilines is 2. The van der Waals surface area contributed by atoms with Gasteiger partial charge in [-0.3, -0.25) is 4.79 Å². The highest BCUT2D eigenvalue weighted by molar-refractivity contribution is 6.32. The first-order valence-electron chi connectivity index (χ1n) is 9.00. The molecule has 0 aliphatic carbocycles. The van der Waals surface area contributed by atoms with Gasteiger partial charge in [-0.1, -0.05) is 11.6 Å². The Hall–Kier alpha value is -2.48. The molecule has 2 aromatic heterocycles. The molecular formula is C20H22Cl2N4O3. The monoisotopic (exact) mass is 436 g/mol. The number of nitrogens with zero attached hydrogens (tertiary/aromatic N) is 3. The van der Waals surface area contributed by atoms with Crippen molar-refractivity contribution in [2.45, 2.75) is 0 Å². The fourth-order valence-corrected chi connectivity index (χ4v) is 3.65. The number of carbonyl (C=O) groups is 1. The van der Waals surface area contributed by atoms with Crippen molar-refractivity contribution in [3.63, 3.8) is 0 Å². The van der Waals surface area contributed by atoms with Gasteiger partial charge in [-0.25, -0.2) is 4.98 Å². The van der Waals surface area contributed by atoms with Crippen molar-refractivity contribution in [2.75, 3.05) is 38.7 Å². The van der Waals surface area contributed by atoms with Crippen LogP contribution in [0.25, 0.3) is 10.9 Å². The predicted molar refractivity (Wildman–Crippen MR) is 116 cm³/mol. The van der Waals surface area contributed by atoms with Crippen LogP contribution < -0.4 is 10.1 Å². The maximum absolute atomic E-state index is 13.0. The van der Waals surface area contributed by atoms with Gasteiger partial charge in [-0.2, -0.15) is 0 Å². The Labute approximate surface area is 180 Å². The molecule has 0 radical (unpaired) electrons. The van der Waals surface area contributed by atoms with E-state index in [0.717, 1.165) is 16.6 Å². The molecule has 1 fully saturated rings. The van der Waals surface area contributed by atoms with Crippen molar-refractivity contribution >= 4 is 52.3 Å². The minimum atomic E-state index is -0.0263. The molecule has 154 valence electrons. The van der Waals surface area contributed by atoms with Crippen molar-refractivity contribution in [1.29, 1.82) is 0 Å². The molecule has 0 unspecified atom stereocenters. The number of nitrogens with one attached hydrogen (secondary N) is 1. The van der Waals surface area contributed by atoms with Crippen LogP contribution in [0, 0.1) is 0 Å². The van der Waals surface area contributed by atoms with Crippen LogP contribution in [0.2, 0.25) is 5.02 Å². The van der Waals surface area contributed by atoms with Crippen molar-refractivity contribution in [1.82, 2.24) is 14.5 Å². The zero-order valence-corrected chi connectivity index (χ0v) is 17.7. The number of hydrogen-bond donors (Lipinski definition) is 1. The number of morpholine rings is 1. The summed E-state index contributed by atoms with van der Waals surface area (Å²) in [6.45, 7) is 2.31. The van der Waals surface area contributed by atoms with Gasteiger partial charge in [-0.15, -0.1) is 12.4 Å². The van der Waals surface area contributed by atoms with E-state index < -0.39 is 0 Å². The molecule has 3 heterocycles. The van der Waals surface area contributed by atoms with E-state index in [1.165, 1.54) is 0 Å². The first-order valence-corrected chi connectivity index (χ1v) is 9.38. The Kier molecular flexibility index (Phi) is 6.52. The van der Waals surface area contributed by atoms with Crippen molar-refractivity contribution in [2.24, 2.45) is 7.05 Å².